The van der Waals surface area contributed by atoms with Gasteiger partial charge in [0.2, 0.25) is 5.91 Å². The van der Waals surface area contributed by atoms with Gasteiger partial charge in [-0.2, -0.15) is 8.78 Å². The number of carbonyl (C=O) groups excluding carboxylic acids is 2. The summed E-state index contributed by atoms with van der Waals surface area (Å²) in [6.07, 6.45) is 0. The molecule has 0 aromatic heterocycles. The quantitative estimate of drug-likeness (QED) is 0.804. The number of rotatable bonds is 5. The van der Waals surface area contributed by atoms with Crippen LogP contribution in [0.15, 0.2) is 53.4 Å². The van der Waals surface area contributed by atoms with Crippen LogP contribution in [0.4, 0.5) is 20.2 Å². The van der Waals surface area contributed by atoms with Crippen LogP contribution in [-0.2, 0) is 4.79 Å². The molecule has 4 nitrogen and oxygen atoms in total. The Bertz CT molecular complexity index is 688. The lowest BCUT2D eigenvalue weighted by molar-refractivity contribution is -0.114. The van der Waals surface area contributed by atoms with E-state index in [1.807, 2.05) is 0 Å². The molecule has 0 bridgehead atoms. The summed E-state index contributed by atoms with van der Waals surface area (Å²) < 4.78 is 24.5. The molecule has 0 saturated heterocycles. The molecule has 2 amide bonds. The van der Waals surface area contributed by atoms with E-state index in [4.69, 9.17) is 0 Å². The van der Waals surface area contributed by atoms with Gasteiger partial charge in [0.1, 0.15) is 0 Å². The molecule has 0 aliphatic rings. The Labute approximate surface area is 136 Å². The van der Waals surface area contributed by atoms with E-state index in [-0.39, 0.29) is 11.8 Å². The average molecular weight is 336 g/mol. The third-order valence-electron chi connectivity index (χ3n) is 2.80. The van der Waals surface area contributed by atoms with Crippen LogP contribution in [0.5, 0.6) is 0 Å². The van der Waals surface area contributed by atoms with Gasteiger partial charge in [-0.25, -0.2) is 0 Å². The van der Waals surface area contributed by atoms with E-state index in [1.165, 1.54) is 19.1 Å². The van der Waals surface area contributed by atoms with E-state index in [2.05, 4.69) is 10.6 Å². The highest BCUT2D eigenvalue weighted by atomic mass is 32.2. The van der Waals surface area contributed by atoms with Gasteiger partial charge in [-0.1, -0.05) is 11.8 Å². The van der Waals surface area contributed by atoms with Crippen LogP contribution in [0.2, 0.25) is 0 Å². The van der Waals surface area contributed by atoms with Crippen molar-refractivity contribution in [2.45, 2.75) is 17.6 Å². The van der Waals surface area contributed by atoms with Crippen LogP contribution < -0.4 is 10.6 Å². The Kier molecular flexibility index (Phi) is 5.70. The Morgan fingerprint density at radius 2 is 1.43 bits per heavy atom. The van der Waals surface area contributed by atoms with Crippen molar-refractivity contribution >= 4 is 35.0 Å². The van der Waals surface area contributed by atoms with Gasteiger partial charge in [-0.15, -0.1) is 0 Å². The first-order valence-corrected chi connectivity index (χ1v) is 7.56. The molecular weight excluding hydrogens is 322 g/mol. The number of thioether (sulfide) groups is 1. The van der Waals surface area contributed by atoms with E-state index in [1.54, 1.807) is 36.4 Å². The number of hydrogen-bond acceptors (Lipinski definition) is 3. The molecule has 2 N–H and O–H groups in total. The van der Waals surface area contributed by atoms with Gasteiger partial charge in [-0.05, 0) is 48.5 Å². The maximum atomic E-state index is 12.2. The molecule has 0 atom stereocenters. The fourth-order valence-corrected chi connectivity index (χ4v) is 2.33. The van der Waals surface area contributed by atoms with Crippen molar-refractivity contribution in [2.75, 3.05) is 10.6 Å². The van der Waals surface area contributed by atoms with Gasteiger partial charge in [0.15, 0.2) is 0 Å². The van der Waals surface area contributed by atoms with E-state index in [0.29, 0.717) is 33.6 Å². The first kappa shape index (κ1) is 17.0. The third-order valence-corrected chi connectivity index (χ3v) is 3.53. The number of halogens is 2. The Balaban J connectivity index is 1.99. The number of alkyl halides is 2. The molecule has 2 aromatic rings. The van der Waals surface area contributed by atoms with Crippen LogP contribution >= 0.6 is 11.8 Å². The molecule has 0 aliphatic carbocycles. The summed E-state index contributed by atoms with van der Waals surface area (Å²) in [4.78, 5) is 23.4. The molecule has 0 saturated carbocycles. The van der Waals surface area contributed by atoms with Crippen molar-refractivity contribution in [3.05, 3.63) is 54.1 Å². The van der Waals surface area contributed by atoms with Gasteiger partial charge in [0, 0.05) is 28.8 Å². The van der Waals surface area contributed by atoms with Gasteiger partial charge in [-0.3, -0.25) is 9.59 Å². The lowest BCUT2D eigenvalue weighted by atomic mass is 10.2. The largest absolute Gasteiger partial charge is 0.326 e. The topological polar surface area (TPSA) is 58.2 Å². The second-order valence-electron chi connectivity index (χ2n) is 4.62. The average Bonchev–Trinajstić information content (AvgIpc) is 2.49. The summed E-state index contributed by atoms with van der Waals surface area (Å²) >= 11 is 0.448. The van der Waals surface area contributed by atoms with E-state index in [9.17, 15) is 18.4 Å². The number of amides is 2. The van der Waals surface area contributed by atoms with Crippen molar-refractivity contribution in [3.8, 4) is 0 Å². The Hall–Kier alpha value is -2.41. The predicted octanol–water partition coefficient (Wildman–Crippen LogP) is 4.21. The fourth-order valence-electron chi connectivity index (χ4n) is 1.83. The zero-order valence-corrected chi connectivity index (χ0v) is 13.0. The van der Waals surface area contributed by atoms with Crippen LogP contribution in [0.1, 0.15) is 17.3 Å². The molecule has 0 spiro atoms. The van der Waals surface area contributed by atoms with Crippen molar-refractivity contribution in [1.29, 1.82) is 0 Å². The van der Waals surface area contributed by atoms with Crippen molar-refractivity contribution in [1.82, 2.24) is 0 Å². The number of nitrogens with one attached hydrogen (secondary N) is 2. The SMILES string of the molecule is CC(=O)Nc1ccc(C(=O)Nc2ccc(SC(F)F)cc2)cc1. The summed E-state index contributed by atoms with van der Waals surface area (Å²) in [5, 5.41) is 5.28. The monoisotopic (exact) mass is 336 g/mol. The van der Waals surface area contributed by atoms with E-state index in [0.717, 1.165) is 0 Å². The standard InChI is InChI=1S/C16H14F2N2O2S/c1-10(21)19-12-4-2-11(3-5-12)15(22)20-13-6-8-14(9-7-13)23-16(17)18/h2-9,16H,1H3,(H,19,21)(H,20,22). The van der Waals surface area contributed by atoms with Gasteiger partial charge >= 0.3 is 0 Å². The molecule has 7 heteroatoms. The Morgan fingerprint density at radius 1 is 0.913 bits per heavy atom. The second kappa shape index (κ2) is 7.73. The molecule has 2 rings (SSSR count). The highest BCUT2D eigenvalue weighted by Crippen LogP contribution is 2.26. The van der Waals surface area contributed by atoms with Crippen LogP contribution in [0, 0.1) is 0 Å². The van der Waals surface area contributed by atoms with Crippen LogP contribution in [-0.4, -0.2) is 17.6 Å². The van der Waals surface area contributed by atoms with Crippen molar-refractivity contribution < 1.29 is 18.4 Å². The number of benzene rings is 2. The van der Waals surface area contributed by atoms with Crippen LogP contribution in [0.3, 0.4) is 0 Å². The molecule has 23 heavy (non-hydrogen) atoms. The van der Waals surface area contributed by atoms with E-state index < -0.39 is 5.76 Å². The maximum Gasteiger partial charge on any atom is 0.288 e. The second-order valence-corrected chi connectivity index (χ2v) is 5.68. The minimum Gasteiger partial charge on any atom is -0.326 e. The normalized spacial score (nSPS) is 10.4. The highest BCUT2D eigenvalue weighted by molar-refractivity contribution is 7.99. The summed E-state index contributed by atoms with van der Waals surface area (Å²) in [7, 11) is 0. The summed E-state index contributed by atoms with van der Waals surface area (Å²) in [5.74, 6) is -2.99. The molecule has 0 fully saturated rings. The predicted molar refractivity (Wildman–Crippen MR) is 87.0 cm³/mol. The number of hydrogen-bond donors (Lipinski definition) is 2. The molecule has 0 aliphatic heterocycles. The number of anilines is 2. The van der Waals surface area contributed by atoms with Crippen molar-refractivity contribution in [2.24, 2.45) is 0 Å². The lowest BCUT2D eigenvalue weighted by Gasteiger charge is -2.07. The number of carbonyl (C=O) groups is 2. The lowest BCUT2D eigenvalue weighted by Crippen LogP contribution is -2.12. The molecule has 0 heterocycles. The van der Waals surface area contributed by atoms with Gasteiger partial charge < -0.3 is 10.6 Å². The summed E-state index contributed by atoms with van der Waals surface area (Å²) in [6, 6.07) is 12.6. The third kappa shape index (κ3) is 5.37. The molecule has 0 unspecified atom stereocenters. The minimum absolute atomic E-state index is 0.191. The Morgan fingerprint density at radius 3 is 1.96 bits per heavy atom. The minimum atomic E-state index is -2.47. The molecule has 120 valence electrons. The van der Waals surface area contributed by atoms with E-state index >= 15 is 0 Å². The first-order valence-electron chi connectivity index (χ1n) is 6.68. The van der Waals surface area contributed by atoms with Gasteiger partial charge in [0.05, 0.1) is 0 Å². The zero-order valence-electron chi connectivity index (χ0n) is 12.2. The first-order chi connectivity index (χ1) is 10.9. The zero-order chi connectivity index (χ0) is 16.8. The summed E-state index contributed by atoms with van der Waals surface area (Å²) in [6.45, 7) is 1.40. The molecular formula is C16H14F2N2O2S. The van der Waals surface area contributed by atoms with Crippen LogP contribution in [0.25, 0.3) is 0 Å². The molecule has 2 aromatic carbocycles. The smallest absolute Gasteiger partial charge is 0.288 e. The summed E-state index contributed by atoms with van der Waals surface area (Å²) in [5.41, 5.74) is 1.53. The maximum absolute atomic E-state index is 12.2. The fraction of sp³-hybridized carbons (Fsp3) is 0.125. The highest BCUT2D eigenvalue weighted by Gasteiger charge is 2.08. The van der Waals surface area contributed by atoms with Crippen molar-refractivity contribution in [3.63, 3.8) is 0 Å². The molecule has 0 radical (unpaired) electrons. The van der Waals surface area contributed by atoms with Gasteiger partial charge in [0.25, 0.3) is 11.7 Å².